The number of amides is 2. The number of carbonyl (C=O) groups is 2. The monoisotopic (exact) mass is 499 g/mol. The molecule has 0 unspecified atom stereocenters. The number of carbonyl (C=O) groups excluding carboxylic acids is 2. The minimum Gasteiger partial charge on any atom is -0.496 e. The molecule has 4 aromatic rings. The molecular formula is C28H29N5O4. The number of ether oxygens (including phenoxy) is 2. The number of aromatic amines is 1. The van der Waals surface area contributed by atoms with Crippen LogP contribution in [0.15, 0.2) is 60.9 Å². The van der Waals surface area contributed by atoms with Crippen molar-refractivity contribution in [2.24, 2.45) is 5.73 Å². The number of pyridine rings is 1. The second-order valence-corrected chi connectivity index (χ2v) is 8.93. The Morgan fingerprint density at radius 2 is 1.97 bits per heavy atom. The van der Waals surface area contributed by atoms with Gasteiger partial charge in [0.1, 0.15) is 11.4 Å². The fourth-order valence-electron chi connectivity index (χ4n) is 4.92. The lowest BCUT2D eigenvalue weighted by atomic mass is 9.99. The molecule has 1 aliphatic rings. The Hall–Kier alpha value is -4.37. The Balaban J connectivity index is 1.59. The maximum absolute atomic E-state index is 13.6. The van der Waals surface area contributed by atoms with Gasteiger partial charge in [-0.3, -0.25) is 10.1 Å². The van der Waals surface area contributed by atoms with Crippen molar-refractivity contribution in [3.05, 3.63) is 66.5 Å². The molecule has 190 valence electrons. The number of H-pyrrole nitrogens is 1. The SMILES string of the molecule is COC(=O)Nc1ccc(-c2cnc3[nH]cc(-c4ccccc4OC)c3c2)cc1C(=O)N1CCC[C@H]1CN. The molecule has 0 spiro atoms. The standard InChI is InChI=1S/C28H29N5O4/c1-36-25-8-4-3-7-20(25)23-16-31-26-21(23)13-18(15-30-26)17-9-10-24(32-28(35)37-2)22(12-17)27(34)33-11-5-6-19(33)14-29/h3-4,7-10,12-13,15-16,19H,5-6,11,14,29H2,1-2H3,(H,30,31)(H,32,35)/t19-/m0/s1. The van der Waals surface area contributed by atoms with Crippen molar-refractivity contribution >= 4 is 28.7 Å². The number of hydrogen-bond acceptors (Lipinski definition) is 6. The Morgan fingerprint density at radius 3 is 2.76 bits per heavy atom. The van der Waals surface area contributed by atoms with Crippen LogP contribution in [-0.4, -0.2) is 60.2 Å². The van der Waals surface area contributed by atoms with Gasteiger partial charge in [0.05, 0.1) is 25.5 Å². The first kappa shape index (κ1) is 24.3. The first-order chi connectivity index (χ1) is 18.0. The fraction of sp³-hybridized carbons (Fsp3) is 0.250. The van der Waals surface area contributed by atoms with E-state index in [4.69, 9.17) is 15.2 Å². The first-order valence-corrected chi connectivity index (χ1v) is 12.1. The summed E-state index contributed by atoms with van der Waals surface area (Å²) in [6.07, 6.45) is 4.79. The third kappa shape index (κ3) is 4.61. The predicted octanol–water partition coefficient (Wildman–Crippen LogP) is 4.65. The molecule has 1 fully saturated rings. The number of methoxy groups -OCH3 is 2. The van der Waals surface area contributed by atoms with Crippen molar-refractivity contribution in [1.29, 1.82) is 0 Å². The Kier molecular flexibility index (Phi) is 6.78. The summed E-state index contributed by atoms with van der Waals surface area (Å²) in [7, 11) is 2.93. The smallest absolute Gasteiger partial charge is 0.411 e. The van der Waals surface area contributed by atoms with Crippen molar-refractivity contribution < 1.29 is 19.1 Å². The zero-order valence-corrected chi connectivity index (χ0v) is 20.8. The molecule has 37 heavy (non-hydrogen) atoms. The summed E-state index contributed by atoms with van der Waals surface area (Å²) >= 11 is 0. The van der Waals surface area contributed by atoms with Crippen LogP contribution in [0.25, 0.3) is 33.3 Å². The molecule has 9 heteroatoms. The summed E-state index contributed by atoms with van der Waals surface area (Å²) in [5.41, 5.74) is 11.0. The summed E-state index contributed by atoms with van der Waals surface area (Å²) in [4.78, 5) is 35.2. The van der Waals surface area contributed by atoms with Crippen molar-refractivity contribution in [3.8, 4) is 28.0 Å². The Morgan fingerprint density at radius 1 is 1.14 bits per heavy atom. The zero-order chi connectivity index (χ0) is 25.9. The van der Waals surface area contributed by atoms with E-state index < -0.39 is 6.09 Å². The minimum atomic E-state index is -0.643. The van der Waals surface area contributed by atoms with Crippen LogP contribution in [0.4, 0.5) is 10.5 Å². The van der Waals surface area contributed by atoms with E-state index in [1.54, 1.807) is 30.3 Å². The third-order valence-electron chi connectivity index (χ3n) is 6.84. The van der Waals surface area contributed by atoms with Gasteiger partial charge in [0.15, 0.2) is 0 Å². The first-order valence-electron chi connectivity index (χ1n) is 12.1. The number of anilines is 1. The highest BCUT2D eigenvalue weighted by Crippen LogP contribution is 2.36. The molecule has 2 aromatic heterocycles. The fourth-order valence-corrected chi connectivity index (χ4v) is 4.92. The number of fused-ring (bicyclic) bond motifs is 1. The lowest BCUT2D eigenvalue weighted by molar-refractivity contribution is 0.0742. The van der Waals surface area contributed by atoms with Gasteiger partial charge in [0, 0.05) is 53.6 Å². The molecule has 0 aliphatic carbocycles. The molecule has 1 atom stereocenters. The number of hydrogen-bond donors (Lipinski definition) is 3. The van der Waals surface area contributed by atoms with Crippen LogP contribution in [0.5, 0.6) is 5.75 Å². The van der Waals surface area contributed by atoms with Gasteiger partial charge in [0.25, 0.3) is 5.91 Å². The highest BCUT2D eigenvalue weighted by molar-refractivity contribution is 6.04. The maximum Gasteiger partial charge on any atom is 0.411 e. The molecule has 0 bridgehead atoms. The molecule has 9 nitrogen and oxygen atoms in total. The van der Waals surface area contributed by atoms with Crippen molar-refractivity contribution in [2.75, 3.05) is 32.6 Å². The summed E-state index contributed by atoms with van der Waals surface area (Å²) in [5, 5.41) is 3.60. The Labute approximate surface area is 214 Å². The number of nitrogens with zero attached hydrogens (tertiary/aromatic N) is 2. The van der Waals surface area contributed by atoms with E-state index >= 15 is 0 Å². The average Bonchev–Trinajstić information content (AvgIpc) is 3.59. The highest BCUT2D eigenvalue weighted by Gasteiger charge is 2.30. The van der Waals surface area contributed by atoms with Crippen LogP contribution in [0.2, 0.25) is 0 Å². The van der Waals surface area contributed by atoms with Crippen LogP contribution >= 0.6 is 0 Å². The van der Waals surface area contributed by atoms with Crippen LogP contribution in [-0.2, 0) is 4.74 Å². The second kappa shape index (κ2) is 10.3. The number of para-hydroxylation sites is 1. The van der Waals surface area contributed by atoms with Crippen molar-refractivity contribution in [3.63, 3.8) is 0 Å². The van der Waals surface area contributed by atoms with E-state index in [0.717, 1.165) is 51.9 Å². The van der Waals surface area contributed by atoms with Gasteiger partial charge < -0.3 is 25.1 Å². The van der Waals surface area contributed by atoms with Crippen molar-refractivity contribution in [2.45, 2.75) is 18.9 Å². The molecule has 0 saturated carbocycles. The van der Waals surface area contributed by atoms with Crippen molar-refractivity contribution in [1.82, 2.24) is 14.9 Å². The van der Waals surface area contributed by atoms with E-state index in [1.165, 1.54) is 7.11 Å². The number of nitrogens with two attached hydrogens (primary N) is 1. The maximum atomic E-state index is 13.6. The molecular weight excluding hydrogens is 470 g/mol. The normalized spacial score (nSPS) is 15.1. The molecule has 3 heterocycles. The Bertz CT molecular complexity index is 1460. The highest BCUT2D eigenvalue weighted by atomic mass is 16.5. The summed E-state index contributed by atoms with van der Waals surface area (Å²) in [6, 6.07) is 15.2. The van der Waals surface area contributed by atoms with E-state index in [1.807, 2.05) is 42.6 Å². The van der Waals surface area contributed by atoms with E-state index in [0.29, 0.717) is 24.3 Å². The van der Waals surface area contributed by atoms with Crippen LogP contribution < -0.4 is 15.8 Å². The number of benzene rings is 2. The summed E-state index contributed by atoms with van der Waals surface area (Å²) < 4.78 is 10.3. The van der Waals surface area contributed by atoms with Gasteiger partial charge in [-0.1, -0.05) is 24.3 Å². The van der Waals surface area contributed by atoms with Crippen LogP contribution in [0.1, 0.15) is 23.2 Å². The molecule has 1 saturated heterocycles. The molecule has 1 aliphatic heterocycles. The second-order valence-electron chi connectivity index (χ2n) is 8.93. The molecule has 4 N–H and O–H groups in total. The minimum absolute atomic E-state index is 0.0246. The quantitative estimate of drug-likeness (QED) is 0.355. The summed E-state index contributed by atoms with van der Waals surface area (Å²) in [5.74, 6) is 0.589. The van der Waals surface area contributed by atoms with Crippen LogP contribution in [0.3, 0.4) is 0 Å². The average molecular weight is 500 g/mol. The molecule has 5 rings (SSSR count). The lowest BCUT2D eigenvalue weighted by Crippen LogP contribution is -2.40. The van der Waals surface area contributed by atoms with Gasteiger partial charge >= 0.3 is 6.09 Å². The van der Waals surface area contributed by atoms with E-state index in [2.05, 4.69) is 15.3 Å². The molecule has 2 amide bonds. The van der Waals surface area contributed by atoms with Gasteiger partial charge in [-0.05, 0) is 42.7 Å². The predicted molar refractivity (Wildman–Crippen MR) is 143 cm³/mol. The number of rotatable bonds is 6. The molecule has 2 aromatic carbocycles. The molecule has 0 radical (unpaired) electrons. The third-order valence-corrected chi connectivity index (χ3v) is 6.84. The van der Waals surface area contributed by atoms with Gasteiger partial charge in [-0.2, -0.15) is 0 Å². The summed E-state index contributed by atoms with van der Waals surface area (Å²) in [6.45, 7) is 1.02. The number of nitrogens with one attached hydrogen (secondary N) is 2. The zero-order valence-electron chi connectivity index (χ0n) is 20.8. The number of likely N-dealkylation sites (tertiary alicyclic amines) is 1. The van der Waals surface area contributed by atoms with E-state index in [9.17, 15) is 9.59 Å². The van der Waals surface area contributed by atoms with Gasteiger partial charge in [0.2, 0.25) is 0 Å². The van der Waals surface area contributed by atoms with Gasteiger partial charge in [-0.25, -0.2) is 9.78 Å². The topological polar surface area (TPSA) is 123 Å². The van der Waals surface area contributed by atoms with Gasteiger partial charge in [-0.15, -0.1) is 0 Å². The number of aromatic nitrogens is 2. The van der Waals surface area contributed by atoms with E-state index in [-0.39, 0.29) is 11.9 Å². The van der Waals surface area contributed by atoms with Crippen LogP contribution in [0, 0.1) is 0 Å². The lowest BCUT2D eigenvalue weighted by Gasteiger charge is -2.25. The largest absolute Gasteiger partial charge is 0.496 e.